The van der Waals surface area contributed by atoms with E-state index in [0.29, 0.717) is 30.3 Å². The lowest BCUT2D eigenvalue weighted by Crippen LogP contribution is -2.67. The molecule has 0 spiro atoms. The summed E-state index contributed by atoms with van der Waals surface area (Å²) >= 11 is 0. The topological polar surface area (TPSA) is 109 Å². The minimum absolute atomic E-state index is 0.0727. The van der Waals surface area contributed by atoms with Gasteiger partial charge < -0.3 is 15.5 Å². The second-order valence-corrected chi connectivity index (χ2v) is 12.4. The van der Waals surface area contributed by atoms with Crippen molar-refractivity contribution in [2.45, 2.75) is 77.5 Å². The van der Waals surface area contributed by atoms with Crippen molar-refractivity contribution in [3.8, 4) is 0 Å². The summed E-state index contributed by atoms with van der Waals surface area (Å²) in [6, 6.07) is 11.2. The molecule has 5 rings (SSSR count). The average Bonchev–Trinajstić information content (AvgIpc) is 3.45. The van der Waals surface area contributed by atoms with E-state index >= 15 is 0 Å². The molecule has 3 atom stereocenters. The van der Waals surface area contributed by atoms with Crippen LogP contribution in [0.25, 0.3) is 11.0 Å². The van der Waals surface area contributed by atoms with Gasteiger partial charge in [-0.05, 0) is 80.7 Å². The molecule has 1 unspecified atom stereocenters. The Hall–Kier alpha value is -3.75. The van der Waals surface area contributed by atoms with E-state index in [0.717, 1.165) is 5.52 Å². The van der Waals surface area contributed by atoms with Crippen LogP contribution in [-0.4, -0.2) is 55.2 Å². The molecule has 0 radical (unpaired) electrons. The molecule has 1 aliphatic heterocycles. The van der Waals surface area contributed by atoms with Gasteiger partial charge in [-0.15, -0.1) is 5.10 Å². The van der Waals surface area contributed by atoms with Gasteiger partial charge >= 0.3 is 0 Å². The Morgan fingerprint density at radius 1 is 1.10 bits per heavy atom. The van der Waals surface area contributed by atoms with E-state index in [1.807, 2.05) is 65.0 Å². The first-order valence-electron chi connectivity index (χ1n) is 13.7. The van der Waals surface area contributed by atoms with E-state index in [-0.39, 0.29) is 29.6 Å². The first kappa shape index (κ1) is 26.8. The molecular formula is C30H38N6O3. The second-order valence-electron chi connectivity index (χ2n) is 12.4. The summed E-state index contributed by atoms with van der Waals surface area (Å²) in [4.78, 5) is 43.8. The van der Waals surface area contributed by atoms with E-state index in [1.165, 1.54) is 11.1 Å². The third-order valence-electron chi connectivity index (χ3n) is 7.68. The molecule has 2 N–H and O–H groups in total. The van der Waals surface area contributed by atoms with E-state index in [1.54, 1.807) is 16.6 Å². The van der Waals surface area contributed by atoms with Crippen LogP contribution in [0.3, 0.4) is 0 Å². The number of fused-ring (bicyclic) bond motifs is 2. The Morgan fingerprint density at radius 2 is 1.77 bits per heavy atom. The maximum atomic E-state index is 14.5. The number of benzene rings is 2. The van der Waals surface area contributed by atoms with Crippen molar-refractivity contribution in [2.24, 2.45) is 18.9 Å². The molecule has 3 aromatic rings. The van der Waals surface area contributed by atoms with Gasteiger partial charge in [0.25, 0.3) is 0 Å². The van der Waals surface area contributed by atoms with Crippen LogP contribution in [0.5, 0.6) is 0 Å². The molecular weight excluding hydrogens is 492 g/mol. The number of hydrogen-bond acceptors (Lipinski definition) is 5. The zero-order valence-corrected chi connectivity index (χ0v) is 23.6. The lowest BCUT2D eigenvalue weighted by atomic mass is 9.87. The SMILES string of the molecule is CC(C)C[C@@H]1C(=O)NC(C2Cc3ccccc3C2)C(=O)N1[C@@H](C(=O)NC(C)(C)C)c1ccc2nnn(C)c2c1. The normalized spacial score (nSPS) is 20.8. The van der Waals surface area contributed by atoms with Crippen molar-refractivity contribution >= 4 is 28.8 Å². The maximum absolute atomic E-state index is 14.5. The minimum Gasteiger partial charge on any atom is -0.349 e. The Bertz CT molecular complexity index is 1400. The molecule has 206 valence electrons. The summed E-state index contributed by atoms with van der Waals surface area (Å²) in [5.74, 6) is -0.673. The highest BCUT2D eigenvalue weighted by Gasteiger charge is 2.49. The fraction of sp³-hybridized carbons (Fsp3) is 0.500. The molecule has 1 aromatic heterocycles. The Labute approximate surface area is 229 Å². The zero-order chi connectivity index (χ0) is 28.1. The van der Waals surface area contributed by atoms with Crippen LogP contribution in [0.1, 0.15) is 63.8 Å². The summed E-state index contributed by atoms with van der Waals surface area (Å²) in [5, 5.41) is 14.4. The number of amides is 3. The third-order valence-corrected chi connectivity index (χ3v) is 7.68. The first-order chi connectivity index (χ1) is 18.4. The van der Waals surface area contributed by atoms with Gasteiger partial charge in [0.15, 0.2) is 0 Å². The van der Waals surface area contributed by atoms with Gasteiger partial charge in [-0.2, -0.15) is 0 Å². The predicted octanol–water partition coefficient (Wildman–Crippen LogP) is 3.08. The number of nitrogens with zero attached hydrogens (tertiary/aromatic N) is 4. The quantitative estimate of drug-likeness (QED) is 0.509. The van der Waals surface area contributed by atoms with Crippen molar-refractivity contribution in [3.05, 3.63) is 59.2 Å². The molecule has 9 heteroatoms. The molecule has 0 bridgehead atoms. The highest BCUT2D eigenvalue weighted by molar-refractivity contribution is 6.00. The van der Waals surface area contributed by atoms with Gasteiger partial charge in [0, 0.05) is 12.6 Å². The van der Waals surface area contributed by atoms with Crippen LogP contribution < -0.4 is 10.6 Å². The van der Waals surface area contributed by atoms with Crippen molar-refractivity contribution in [3.63, 3.8) is 0 Å². The van der Waals surface area contributed by atoms with E-state index in [4.69, 9.17) is 0 Å². The van der Waals surface area contributed by atoms with Gasteiger partial charge in [-0.25, -0.2) is 4.68 Å². The van der Waals surface area contributed by atoms with E-state index < -0.39 is 23.7 Å². The molecule has 3 amide bonds. The van der Waals surface area contributed by atoms with Crippen molar-refractivity contribution < 1.29 is 14.4 Å². The molecule has 1 aliphatic carbocycles. The van der Waals surface area contributed by atoms with Crippen LogP contribution in [0.2, 0.25) is 0 Å². The Kier molecular flexibility index (Phi) is 6.95. The number of nitrogens with one attached hydrogen (secondary N) is 2. The third kappa shape index (κ3) is 5.27. The summed E-state index contributed by atoms with van der Waals surface area (Å²) in [6.45, 7) is 9.77. The summed E-state index contributed by atoms with van der Waals surface area (Å²) < 4.78 is 1.65. The fourth-order valence-electron chi connectivity index (χ4n) is 5.97. The van der Waals surface area contributed by atoms with Crippen LogP contribution in [-0.2, 0) is 34.3 Å². The molecule has 2 aromatic carbocycles. The van der Waals surface area contributed by atoms with Gasteiger partial charge in [0.1, 0.15) is 23.6 Å². The highest BCUT2D eigenvalue weighted by Crippen LogP contribution is 2.36. The average molecular weight is 531 g/mol. The Morgan fingerprint density at radius 3 is 2.38 bits per heavy atom. The lowest BCUT2D eigenvalue weighted by molar-refractivity contribution is -0.158. The summed E-state index contributed by atoms with van der Waals surface area (Å²) in [5.41, 5.74) is 3.94. The smallest absolute Gasteiger partial charge is 0.247 e. The van der Waals surface area contributed by atoms with Crippen LogP contribution >= 0.6 is 0 Å². The van der Waals surface area contributed by atoms with E-state index in [9.17, 15) is 14.4 Å². The lowest BCUT2D eigenvalue weighted by Gasteiger charge is -2.45. The van der Waals surface area contributed by atoms with Crippen LogP contribution in [0.15, 0.2) is 42.5 Å². The molecule has 9 nitrogen and oxygen atoms in total. The molecule has 2 aliphatic rings. The minimum atomic E-state index is -0.989. The molecule has 1 saturated heterocycles. The molecule has 2 heterocycles. The van der Waals surface area contributed by atoms with Crippen molar-refractivity contribution in [1.29, 1.82) is 0 Å². The van der Waals surface area contributed by atoms with Crippen LogP contribution in [0, 0.1) is 11.8 Å². The number of rotatable bonds is 6. The highest BCUT2D eigenvalue weighted by atomic mass is 16.2. The van der Waals surface area contributed by atoms with Gasteiger partial charge in [-0.3, -0.25) is 14.4 Å². The molecule has 1 fully saturated rings. The fourth-order valence-corrected chi connectivity index (χ4v) is 5.97. The molecule has 0 saturated carbocycles. The Balaban J connectivity index is 1.60. The predicted molar refractivity (Wildman–Crippen MR) is 149 cm³/mol. The number of aromatic nitrogens is 3. The second kappa shape index (κ2) is 10.1. The van der Waals surface area contributed by atoms with Gasteiger partial charge in [-0.1, -0.05) is 49.4 Å². The van der Waals surface area contributed by atoms with Gasteiger partial charge in [0.05, 0.1) is 5.52 Å². The number of carbonyl (C=O) groups excluding carboxylic acids is 3. The summed E-state index contributed by atoms with van der Waals surface area (Å²) in [7, 11) is 1.79. The molecule has 39 heavy (non-hydrogen) atoms. The number of piperazine rings is 1. The van der Waals surface area contributed by atoms with Crippen molar-refractivity contribution in [1.82, 2.24) is 30.5 Å². The van der Waals surface area contributed by atoms with E-state index in [2.05, 4.69) is 33.1 Å². The first-order valence-corrected chi connectivity index (χ1v) is 13.7. The van der Waals surface area contributed by atoms with Crippen LogP contribution in [0.4, 0.5) is 0 Å². The summed E-state index contributed by atoms with van der Waals surface area (Å²) in [6.07, 6.45) is 1.87. The zero-order valence-electron chi connectivity index (χ0n) is 23.6. The maximum Gasteiger partial charge on any atom is 0.247 e. The number of hydrogen-bond donors (Lipinski definition) is 2. The number of carbonyl (C=O) groups is 3. The standard InChI is InChI=1S/C30H38N6O3/c1-17(2)13-24-27(37)31-25(21-14-18-9-7-8-10-19(18)15-21)29(39)36(24)26(28(38)32-30(3,4)5)20-11-12-22-23(16-20)35(6)34-33-22/h7-12,16-17,21,24-26H,13-15H2,1-6H3,(H,31,37)(H,32,38)/t24-,25?,26-/m1/s1. The largest absolute Gasteiger partial charge is 0.349 e. The van der Waals surface area contributed by atoms with Gasteiger partial charge in [0.2, 0.25) is 17.7 Å². The van der Waals surface area contributed by atoms with Crippen molar-refractivity contribution in [2.75, 3.05) is 0 Å². The number of aryl methyl sites for hydroxylation is 1. The monoisotopic (exact) mass is 530 g/mol.